The van der Waals surface area contributed by atoms with Gasteiger partial charge in [-0.25, -0.2) is 19.7 Å². The molecule has 0 bridgehead atoms. The first-order valence-corrected chi connectivity index (χ1v) is 9.18. The summed E-state index contributed by atoms with van der Waals surface area (Å²) in [5.41, 5.74) is 1.17. The van der Waals surface area contributed by atoms with Crippen LogP contribution in [0, 0.1) is 0 Å². The van der Waals surface area contributed by atoms with Gasteiger partial charge in [-0.2, -0.15) is 0 Å². The summed E-state index contributed by atoms with van der Waals surface area (Å²) in [6, 6.07) is 1.75. The number of nitrogens with zero attached hydrogens (tertiary/aromatic N) is 5. The average molecular weight is 344 g/mol. The van der Waals surface area contributed by atoms with Crippen molar-refractivity contribution in [3.8, 4) is 0 Å². The standard InChI is InChI=1S/C16H20N6OS/c23-16(20-15-19-12-4-1-2-5-13(12)24-15)22-10-8-21(9-11-22)14-17-6-3-7-18-14/h3,6-7H,1-2,4-5,8-11H2,(H,19,20,23). The molecule has 3 heterocycles. The van der Waals surface area contributed by atoms with E-state index in [1.165, 1.54) is 23.4 Å². The molecule has 4 rings (SSSR count). The van der Waals surface area contributed by atoms with Crippen LogP contribution in [0.25, 0.3) is 0 Å². The van der Waals surface area contributed by atoms with Crippen LogP contribution in [-0.2, 0) is 12.8 Å². The molecule has 0 spiro atoms. The Morgan fingerprint density at radius 1 is 1.08 bits per heavy atom. The molecule has 0 saturated carbocycles. The Bertz CT molecular complexity index is 687. The second-order valence-electron chi connectivity index (χ2n) is 6.05. The smallest absolute Gasteiger partial charge is 0.323 e. The number of carbonyl (C=O) groups excluding carboxylic acids is 1. The van der Waals surface area contributed by atoms with Crippen LogP contribution in [0.3, 0.4) is 0 Å². The van der Waals surface area contributed by atoms with E-state index in [0.29, 0.717) is 13.1 Å². The molecule has 126 valence electrons. The number of carbonyl (C=O) groups is 1. The Balaban J connectivity index is 1.34. The predicted octanol–water partition coefficient (Wildman–Crippen LogP) is 2.17. The van der Waals surface area contributed by atoms with Gasteiger partial charge in [0.1, 0.15) is 0 Å². The summed E-state index contributed by atoms with van der Waals surface area (Å²) in [7, 11) is 0. The molecule has 1 fully saturated rings. The van der Waals surface area contributed by atoms with Crippen LogP contribution < -0.4 is 10.2 Å². The van der Waals surface area contributed by atoms with Gasteiger partial charge in [-0.15, -0.1) is 11.3 Å². The highest BCUT2D eigenvalue weighted by molar-refractivity contribution is 7.15. The topological polar surface area (TPSA) is 74.2 Å². The van der Waals surface area contributed by atoms with Gasteiger partial charge in [-0.1, -0.05) is 0 Å². The highest BCUT2D eigenvalue weighted by Crippen LogP contribution is 2.29. The Hall–Kier alpha value is -2.22. The number of anilines is 2. The fraction of sp³-hybridized carbons (Fsp3) is 0.500. The van der Waals surface area contributed by atoms with Crippen molar-refractivity contribution in [1.29, 1.82) is 0 Å². The van der Waals surface area contributed by atoms with Gasteiger partial charge in [-0.3, -0.25) is 5.32 Å². The van der Waals surface area contributed by atoms with E-state index < -0.39 is 0 Å². The number of urea groups is 1. The summed E-state index contributed by atoms with van der Waals surface area (Å²) in [5, 5.41) is 3.70. The number of nitrogens with one attached hydrogen (secondary N) is 1. The van der Waals surface area contributed by atoms with E-state index in [1.54, 1.807) is 29.8 Å². The number of hydrogen-bond donors (Lipinski definition) is 1. The van der Waals surface area contributed by atoms with Gasteiger partial charge in [0.15, 0.2) is 5.13 Å². The maximum atomic E-state index is 12.5. The minimum absolute atomic E-state index is 0.0604. The van der Waals surface area contributed by atoms with Crippen molar-refractivity contribution in [3.05, 3.63) is 29.0 Å². The van der Waals surface area contributed by atoms with Crippen molar-refractivity contribution >= 4 is 28.4 Å². The third kappa shape index (κ3) is 3.19. The maximum absolute atomic E-state index is 12.5. The molecular weight excluding hydrogens is 324 g/mol. The fourth-order valence-electron chi connectivity index (χ4n) is 3.14. The second kappa shape index (κ2) is 6.72. The number of aryl methyl sites for hydroxylation is 2. The second-order valence-corrected chi connectivity index (χ2v) is 7.13. The van der Waals surface area contributed by atoms with Crippen molar-refractivity contribution in [2.45, 2.75) is 25.7 Å². The number of aromatic nitrogens is 3. The zero-order chi connectivity index (χ0) is 16.4. The van der Waals surface area contributed by atoms with E-state index >= 15 is 0 Å². The third-order valence-corrected chi connectivity index (χ3v) is 5.53. The predicted molar refractivity (Wildman–Crippen MR) is 93.6 cm³/mol. The van der Waals surface area contributed by atoms with E-state index in [0.717, 1.165) is 37.0 Å². The lowest BCUT2D eigenvalue weighted by atomic mass is 10.0. The number of rotatable bonds is 2. The average Bonchev–Trinajstić information content (AvgIpc) is 3.05. The molecule has 24 heavy (non-hydrogen) atoms. The van der Waals surface area contributed by atoms with E-state index in [1.807, 2.05) is 4.90 Å². The van der Waals surface area contributed by atoms with Gasteiger partial charge in [0.2, 0.25) is 5.95 Å². The molecule has 0 atom stereocenters. The molecule has 0 radical (unpaired) electrons. The molecule has 2 amide bonds. The Labute approximate surface area is 144 Å². The van der Waals surface area contributed by atoms with E-state index in [4.69, 9.17) is 0 Å². The lowest BCUT2D eigenvalue weighted by Crippen LogP contribution is -2.50. The molecule has 2 aromatic rings. The number of fused-ring (bicyclic) bond motifs is 1. The van der Waals surface area contributed by atoms with Crippen molar-refractivity contribution < 1.29 is 4.79 Å². The molecule has 7 nitrogen and oxygen atoms in total. The Morgan fingerprint density at radius 2 is 1.83 bits per heavy atom. The highest BCUT2D eigenvalue weighted by Gasteiger charge is 2.24. The largest absolute Gasteiger partial charge is 0.337 e. The minimum atomic E-state index is -0.0604. The molecule has 0 unspecified atom stereocenters. The highest BCUT2D eigenvalue weighted by atomic mass is 32.1. The molecule has 1 saturated heterocycles. The van der Waals surface area contributed by atoms with E-state index in [2.05, 4.69) is 25.2 Å². The van der Waals surface area contributed by atoms with Crippen molar-refractivity contribution in [2.24, 2.45) is 0 Å². The molecule has 2 aliphatic rings. The summed E-state index contributed by atoms with van der Waals surface area (Å²) in [6.45, 7) is 2.81. The van der Waals surface area contributed by atoms with Crippen molar-refractivity contribution in [1.82, 2.24) is 19.9 Å². The zero-order valence-corrected chi connectivity index (χ0v) is 14.3. The molecular formula is C16H20N6OS. The molecule has 1 N–H and O–H groups in total. The molecule has 1 aliphatic heterocycles. The van der Waals surface area contributed by atoms with Crippen LogP contribution in [0.1, 0.15) is 23.4 Å². The van der Waals surface area contributed by atoms with E-state index in [-0.39, 0.29) is 6.03 Å². The van der Waals surface area contributed by atoms with Crippen LogP contribution in [0.15, 0.2) is 18.5 Å². The minimum Gasteiger partial charge on any atom is -0.337 e. The molecule has 2 aromatic heterocycles. The summed E-state index contributed by atoms with van der Waals surface area (Å²) < 4.78 is 0. The monoisotopic (exact) mass is 344 g/mol. The quantitative estimate of drug-likeness (QED) is 0.904. The van der Waals surface area contributed by atoms with Crippen LogP contribution in [0.4, 0.5) is 15.9 Å². The van der Waals surface area contributed by atoms with Crippen molar-refractivity contribution in [3.63, 3.8) is 0 Å². The molecule has 0 aromatic carbocycles. The Morgan fingerprint density at radius 3 is 2.58 bits per heavy atom. The van der Waals surface area contributed by atoms with Crippen LogP contribution >= 0.6 is 11.3 Å². The summed E-state index contributed by atoms with van der Waals surface area (Å²) in [5.74, 6) is 0.727. The third-order valence-electron chi connectivity index (χ3n) is 4.46. The number of hydrogen-bond acceptors (Lipinski definition) is 6. The zero-order valence-electron chi connectivity index (χ0n) is 13.4. The van der Waals surface area contributed by atoms with Crippen LogP contribution in [0.5, 0.6) is 0 Å². The SMILES string of the molecule is O=C(Nc1nc2c(s1)CCCC2)N1CCN(c2ncccn2)CC1. The maximum Gasteiger partial charge on any atom is 0.323 e. The molecule has 1 aliphatic carbocycles. The van der Waals surface area contributed by atoms with Gasteiger partial charge in [0.25, 0.3) is 0 Å². The molecule has 8 heteroatoms. The van der Waals surface area contributed by atoms with E-state index in [9.17, 15) is 4.79 Å². The van der Waals surface area contributed by atoms with Gasteiger partial charge in [0.05, 0.1) is 5.69 Å². The summed E-state index contributed by atoms with van der Waals surface area (Å²) in [4.78, 5) is 30.8. The van der Waals surface area contributed by atoms with Gasteiger partial charge >= 0.3 is 6.03 Å². The summed E-state index contributed by atoms with van der Waals surface area (Å²) in [6.07, 6.45) is 8.05. The van der Waals surface area contributed by atoms with Gasteiger partial charge in [-0.05, 0) is 31.7 Å². The summed E-state index contributed by atoms with van der Waals surface area (Å²) >= 11 is 1.62. The van der Waals surface area contributed by atoms with Gasteiger partial charge in [0, 0.05) is 43.4 Å². The normalized spacial score (nSPS) is 17.5. The van der Waals surface area contributed by atoms with Crippen molar-refractivity contribution in [2.75, 3.05) is 36.4 Å². The van der Waals surface area contributed by atoms with Gasteiger partial charge < -0.3 is 9.80 Å². The first-order chi connectivity index (χ1) is 11.8. The Kier molecular flexibility index (Phi) is 4.29. The fourth-order valence-corrected chi connectivity index (χ4v) is 4.18. The van der Waals surface area contributed by atoms with Crippen LogP contribution in [-0.4, -0.2) is 52.1 Å². The number of thiazole rings is 1. The lowest BCUT2D eigenvalue weighted by molar-refractivity contribution is 0.208. The number of amides is 2. The van der Waals surface area contributed by atoms with Crippen LogP contribution in [0.2, 0.25) is 0 Å². The first-order valence-electron chi connectivity index (χ1n) is 8.36. The first kappa shape index (κ1) is 15.3. The number of piperazine rings is 1. The lowest BCUT2D eigenvalue weighted by Gasteiger charge is -2.34.